The topological polar surface area (TPSA) is 65.0 Å². The number of hydrogen-bond acceptors (Lipinski definition) is 4. The number of hydrogen-bond donors (Lipinski definition) is 1. The van der Waals surface area contributed by atoms with Crippen molar-refractivity contribution in [1.29, 1.82) is 0 Å². The molecule has 5 nitrogen and oxygen atoms in total. The van der Waals surface area contributed by atoms with Crippen molar-refractivity contribution in [1.82, 2.24) is 0 Å². The number of carbonyl (C=O) groups is 1. The molecule has 1 N–H and O–H groups in total. The maximum absolute atomic E-state index is 14.0. The van der Waals surface area contributed by atoms with Crippen molar-refractivity contribution in [2.45, 2.75) is 12.0 Å². The second-order valence-electron chi connectivity index (χ2n) is 5.39. The summed E-state index contributed by atoms with van der Waals surface area (Å²) >= 11 is 0. The lowest BCUT2D eigenvalue weighted by molar-refractivity contribution is -0.304. The molecule has 0 aliphatic carbocycles. The minimum atomic E-state index is -5.16. The van der Waals surface area contributed by atoms with Crippen LogP contribution >= 0.6 is 0 Å². The predicted octanol–water partition coefficient (Wildman–Crippen LogP) is 3.89. The van der Waals surface area contributed by atoms with Crippen LogP contribution in [0.5, 0.6) is 17.2 Å². The van der Waals surface area contributed by atoms with Crippen LogP contribution in [0.3, 0.4) is 0 Å². The van der Waals surface area contributed by atoms with E-state index in [1.807, 2.05) is 0 Å². The molecule has 0 saturated heterocycles. The molecule has 1 aliphatic rings. The van der Waals surface area contributed by atoms with E-state index >= 15 is 0 Å². The Kier molecular flexibility index (Phi) is 4.27. The van der Waals surface area contributed by atoms with Crippen molar-refractivity contribution in [3.63, 3.8) is 0 Å². The molecule has 2 aromatic rings. The normalized spacial score (nSPS) is 19.0. The summed E-state index contributed by atoms with van der Waals surface area (Å²) in [5.74, 6) is -5.24. The highest BCUT2D eigenvalue weighted by molar-refractivity contribution is 5.96. The van der Waals surface area contributed by atoms with Gasteiger partial charge in [-0.3, -0.25) is 0 Å². The summed E-state index contributed by atoms with van der Waals surface area (Å²) in [7, 11) is 1.40. The highest BCUT2D eigenvalue weighted by atomic mass is 19.4. The lowest BCUT2D eigenvalue weighted by Crippen LogP contribution is -2.59. The van der Waals surface area contributed by atoms with Gasteiger partial charge in [-0.15, -0.1) is 0 Å². The van der Waals surface area contributed by atoms with Gasteiger partial charge in [0.1, 0.15) is 22.8 Å². The molecule has 0 fully saturated rings. The number of methoxy groups -OCH3 is 1. The summed E-state index contributed by atoms with van der Waals surface area (Å²) < 4.78 is 57.0. The first kappa shape index (κ1) is 17.7. The van der Waals surface area contributed by atoms with Crippen LogP contribution in [0.25, 0.3) is 6.08 Å². The highest BCUT2D eigenvalue weighted by Crippen LogP contribution is 2.46. The lowest BCUT2D eigenvalue weighted by Gasteiger charge is -2.38. The maximum atomic E-state index is 14.0. The smallest absolute Gasteiger partial charge is 0.473 e. The van der Waals surface area contributed by atoms with E-state index in [9.17, 15) is 23.1 Å². The van der Waals surface area contributed by atoms with Crippen LogP contribution in [-0.2, 0) is 4.79 Å². The zero-order valence-corrected chi connectivity index (χ0v) is 13.4. The van der Waals surface area contributed by atoms with Crippen molar-refractivity contribution in [2.75, 3.05) is 7.11 Å². The third-order valence-corrected chi connectivity index (χ3v) is 3.75. The van der Waals surface area contributed by atoms with E-state index in [0.717, 1.165) is 6.08 Å². The van der Waals surface area contributed by atoms with Gasteiger partial charge < -0.3 is 19.3 Å². The van der Waals surface area contributed by atoms with E-state index in [1.165, 1.54) is 49.6 Å². The number of benzene rings is 2. The Morgan fingerprint density at radius 1 is 1.08 bits per heavy atom. The van der Waals surface area contributed by atoms with Crippen LogP contribution in [0.2, 0.25) is 0 Å². The summed E-state index contributed by atoms with van der Waals surface area (Å²) in [4.78, 5) is 11.6. The molecule has 136 valence electrons. The molecule has 0 spiro atoms. The fourth-order valence-electron chi connectivity index (χ4n) is 2.51. The lowest BCUT2D eigenvalue weighted by atomic mass is 9.97. The van der Waals surface area contributed by atoms with Crippen LogP contribution in [0, 0.1) is 0 Å². The zero-order valence-electron chi connectivity index (χ0n) is 13.4. The Bertz CT molecular complexity index is 858. The van der Waals surface area contributed by atoms with Crippen molar-refractivity contribution in [3.05, 3.63) is 59.7 Å². The third kappa shape index (κ3) is 2.94. The first-order valence-corrected chi connectivity index (χ1v) is 7.40. The number of carboxylic acid groups (broad SMARTS) is 1. The van der Waals surface area contributed by atoms with Crippen molar-refractivity contribution >= 4 is 12.0 Å². The largest absolute Gasteiger partial charge is 0.497 e. The van der Waals surface area contributed by atoms with Gasteiger partial charge in [-0.2, -0.15) is 13.2 Å². The molecule has 1 heterocycles. The molecule has 1 unspecified atom stereocenters. The number of fused-ring (bicyclic) bond motifs is 1. The number of para-hydroxylation sites is 1. The number of rotatable bonds is 4. The summed E-state index contributed by atoms with van der Waals surface area (Å²) in [5, 5.41) is 9.37. The standard InChI is InChI=1S/C18H13F3O5/c1-24-12-6-8-13(9-7-12)25-17(18(19,20)21)14(16(22)23)10-11-4-2-3-5-15(11)26-17/h2-10H,1H3,(H,22,23). The highest BCUT2D eigenvalue weighted by Gasteiger charge is 2.66. The van der Waals surface area contributed by atoms with Crippen molar-refractivity contribution in [3.8, 4) is 17.2 Å². The Labute approximate surface area is 146 Å². The van der Waals surface area contributed by atoms with Gasteiger partial charge in [0.15, 0.2) is 0 Å². The minimum absolute atomic E-state index is 0.136. The summed E-state index contributed by atoms with van der Waals surface area (Å²) in [6.07, 6.45) is -4.26. The molecule has 0 aromatic heterocycles. The molecule has 0 bridgehead atoms. The average Bonchev–Trinajstić information content (AvgIpc) is 2.60. The molecular weight excluding hydrogens is 353 g/mol. The molecule has 0 saturated carbocycles. The first-order chi connectivity index (χ1) is 12.3. The second kappa shape index (κ2) is 6.29. The summed E-state index contributed by atoms with van der Waals surface area (Å²) in [6, 6.07) is 11.0. The Balaban J connectivity index is 2.13. The van der Waals surface area contributed by atoms with Gasteiger partial charge in [-0.25, -0.2) is 4.79 Å². The number of carboxylic acids is 1. The SMILES string of the molecule is COc1ccc(OC2(C(F)(F)F)Oc3ccccc3C=C2C(=O)O)cc1. The van der Waals surface area contributed by atoms with Crippen molar-refractivity contribution in [2.24, 2.45) is 0 Å². The monoisotopic (exact) mass is 366 g/mol. The fraction of sp³-hybridized carbons (Fsp3) is 0.167. The molecule has 26 heavy (non-hydrogen) atoms. The van der Waals surface area contributed by atoms with Gasteiger partial charge >= 0.3 is 17.9 Å². The quantitative estimate of drug-likeness (QED) is 0.889. The molecule has 1 atom stereocenters. The zero-order chi connectivity index (χ0) is 18.9. The van der Waals surface area contributed by atoms with Crippen LogP contribution < -0.4 is 14.2 Å². The summed E-state index contributed by atoms with van der Waals surface area (Å²) in [5.41, 5.74) is -0.859. The average molecular weight is 366 g/mol. The third-order valence-electron chi connectivity index (χ3n) is 3.75. The maximum Gasteiger partial charge on any atom is 0.473 e. The van der Waals surface area contributed by atoms with E-state index in [1.54, 1.807) is 6.07 Å². The van der Waals surface area contributed by atoms with Gasteiger partial charge in [-0.1, -0.05) is 18.2 Å². The number of ether oxygens (including phenoxy) is 3. The number of aliphatic carboxylic acids is 1. The van der Waals surface area contributed by atoms with Gasteiger partial charge in [0.25, 0.3) is 0 Å². The minimum Gasteiger partial charge on any atom is -0.497 e. The molecule has 8 heteroatoms. The van der Waals surface area contributed by atoms with Crippen LogP contribution in [0.15, 0.2) is 54.1 Å². The van der Waals surface area contributed by atoms with E-state index in [2.05, 4.69) is 0 Å². The molecule has 2 aromatic carbocycles. The molecule has 0 radical (unpaired) electrons. The Morgan fingerprint density at radius 3 is 2.27 bits per heavy atom. The van der Waals surface area contributed by atoms with Gasteiger partial charge in [0.05, 0.1) is 7.11 Å². The number of alkyl halides is 3. The second-order valence-corrected chi connectivity index (χ2v) is 5.39. The van der Waals surface area contributed by atoms with E-state index < -0.39 is 23.5 Å². The Hall–Kier alpha value is -3.16. The molecule has 1 aliphatic heterocycles. The van der Waals surface area contributed by atoms with E-state index in [4.69, 9.17) is 14.2 Å². The van der Waals surface area contributed by atoms with E-state index in [0.29, 0.717) is 5.75 Å². The fourth-order valence-corrected chi connectivity index (χ4v) is 2.51. The van der Waals surface area contributed by atoms with Crippen LogP contribution in [0.1, 0.15) is 5.56 Å². The van der Waals surface area contributed by atoms with Crippen LogP contribution in [0.4, 0.5) is 13.2 Å². The summed E-state index contributed by atoms with van der Waals surface area (Å²) in [6.45, 7) is 0. The van der Waals surface area contributed by atoms with E-state index in [-0.39, 0.29) is 17.1 Å². The first-order valence-electron chi connectivity index (χ1n) is 7.40. The van der Waals surface area contributed by atoms with Gasteiger partial charge in [0, 0.05) is 5.56 Å². The molecular formula is C18H13F3O5. The Morgan fingerprint density at radius 2 is 1.69 bits per heavy atom. The van der Waals surface area contributed by atoms with Gasteiger partial charge in [0.2, 0.25) is 0 Å². The predicted molar refractivity (Wildman–Crippen MR) is 85.1 cm³/mol. The molecule has 3 rings (SSSR count). The van der Waals surface area contributed by atoms with Crippen molar-refractivity contribution < 1.29 is 37.3 Å². The van der Waals surface area contributed by atoms with Crippen LogP contribution in [-0.4, -0.2) is 30.1 Å². The number of halogens is 3. The van der Waals surface area contributed by atoms with Gasteiger partial charge in [-0.05, 0) is 36.4 Å². The molecule has 0 amide bonds.